The first-order valence-corrected chi connectivity index (χ1v) is 17.4. The normalized spacial score (nSPS) is 42.7. The Balaban J connectivity index is 0.000000178. The molecule has 4 unspecified atom stereocenters. The van der Waals surface area contributed by atoms with Gasteiger partial charge in [0, 0.05) is 13.8 Å². The molecule has 8 saturated carbocycles. The van der Waals surface area contributed by atoms with Crippen molar-refractivity contribution in [2.24, 2.45) is 46.3 Å². The zero-order chi connectivity index (χ0) is 33.1. The van der Waals surface area contributed by atoms with Gasteiger partial charge in [0.15, 0.2) is 13.2 Å². The fourth-order valence-corrected chi connectivity index (χ4v) is 11.0. The first-order valence-electron chi connectivity index (χ1n) is 17.4. The number of carbonyl (C=O) groups is 2. The molecule has 0 heterocycles. The summed E-state index contributed by atoms with van der Waals surface area (Å²) in [5.74, 6) is -5.55. The van der Waals surface area contributed by atoms with E-state index in [0.29, 0.717) is 37.5 Å². The van der Waals surface area contributed by atoms with Gasteiger partial charge in [0.05, 0.1) is 22.0 Å². The summed E-state index contributed by atoms with van der Waals surface area (Å²) in [4.78, 5) is 25.0. The summed E-state index contributed by atoms with van der Waals surface area (Å²) in [7, 11) is 0. The molecule has 258 valence electrons. The van der Waals surface area contributed by atoms with Crippen LogP contribution in [0, 0.1) is 46.3 Å². The van der Waals surface area contributed by atoms with Gasteiger partial charge in [-0.1, -0.05) is 33.1 Å². The van der Waals surface area contributed by atoms with Crippen LogP contribution >= 0.6 is 0 Å². The third kappa shape index (κ3) is 6.80. The average molecular weight is 647 g/mol. The molecule has 0 aromatic rings. The molecule has 4 atom stereocenters. The Morgan fingerprint density at radius 3 is 1.31 bits per heavy atom. The SMILES string of the molecule is CCCC1(O)C2CC3CC1CC(C(=O)OCC(C)(F)F)(C3)C2.CCCCC1(O)C2CC3CC1CC(C(=O)OCC(C)(F)F)(C3)C2. The molecule has 0 saturated heterocycles. The van der Waals surface area contributed by atoms with Gasteiger partial charge in [0.2, 0.25) is 0 Å². The maximum Gasteiger partial charge on any atom is 0.312 e. The van der Waals surface area contributed by atoms with Gasteiger partial charge >= 0.3 is 11.9 Å². The lowest BCUT2D eigenvalue weighted by Crippen LogP contribution is -2.63. The second kappa shape index (κ2) is 12.2. The van der Waals surface area contributed by atoms with Gasteiger partial charge in [0.25, 0.3) is 11.8 Å². The fourth-order valence-electron chi connectivity index (χ4n) is 11.0. The van der Waals surface area contributed by atoms with E-state index in [9.17, 15) is 37.4 Å². The standard InChI is InChI=1S/C18H28F2O3.C17H26F2O3/c1-3-4-5-18(22)13-6-12-7-14(18)10-17(8-12,9-13)15(21)23-11-16(2,19)20;1-3-4-17(21)12-5-11-6-13(17)9-16(7-11,8-12)14(20)22-10-15(2,18)19/h12-14,22H,3-11H2,1-2H3;11-13,21H,3-10H2,1-2H3. The van der Waals surface area contributed by atoms with Crippen molar-refractivity contribution in [3.05, 3.63) is 0 Å². The molecule has 8 bridgehead atoms. The molecular formula is C35H54F4O6. The predicted octanol–water partition coefficient (Wildman–Crippen LogP) is 7.47. The molecule has 0 amide bonds. The molecule has 0 spiro atoms. The third-order valence-corrected chi connectivity index (χ3v) is 12.6. The van der Waals surface area contributed by atoms with E-state index >= 15 is 0 Å². The number of ether oxygens (including phenoxy) is 2. The molecule has 8 rings (SSSR count). The molecule has 0 aromatic carbocycles. The molecule has 2 N–H and O–H groups in total. The predicted molar refractivity (Wildman–Crippen MR) is 159 cm³/mol. The van der Waals surface area contributed by atoms with E-state index in [0.717, 1.165) is 84.5 Å². The number of unbranched alkanes of at least 4 members (excludes halogenated alkanes) is 1. The highest BCUT2D eigenvalue weighted by atomic mass is 19.3. The van der Waals surface area contributed by atoms with Crippen molar-refractivity contribution in [2.75, 3.05) is 13.2 Å². The summed E-state index contributed by atoms with van der Waals surface area (Å²) < 4.78 is 61.8. The highest BCUT2D eigenvalue weighted by Crippen LogP contribution is 2.66. The summed E-state index contributed by atoms with van der Waals surface area (Å²) in [6.07, 6.45) is 12.3. The first-order chi connectivity index (χ1) is 20.9. The van der Waals surface area contributed by atoms with E-state index < -0.39 is 59.0 Å². The van der Waals surface area contributed by atoms with Crippen molar-refractivity contribution in [3.8, 4) is 0 Å². The van der Waals surface area contributed by atoms with E-state index in [4.69, 9.17) is 9.47 Å². The Morgan fingerprint density at radius 2 is 1.00 bits per heavy atom. The van der Waals surface area contributed by atoms with E-state index in [1.54, 1.807) is 0 Å². The van der Waals surface area contributed by atoms with Crippen LogP contribution in [0.3, 0.4) is 0 Å². The second-order valence-electron chi connectivity index (χ2n) is 16.4. The molecule has 0 aliphatic heterocycles. The molecule has 8 aliphatic rings. The van der Waals surface area contributed by atoms with Crippen LogP contribution in [0.25, 0.3) is 0 Å². The lowest BCUT2D eigenvalue weighted by Gasteiger charge is -2.62. The van der Waals surface area contributed by atoms with Gasteiger partial charge in [-0.15, -0.1) is 0 Å². The molecule has 8 aliphatic carbocycles. The zero-order valence-electron chi connectivity index (χ0n) is 27.5. The minimum atomic E-state index is -2.99. The van der Waals surface area contributed by atoms with Gasteiger partial charge in [0.1, 0.15) is 0 Å². The molecule has 8 fully saturated rings. The molecule has 45 heavy (non-hydrogen) atoms. The zero-order valence-corrected chi connectivity index (χ0v) is 27.5. The maximum atomic E-state index is 13.0. The Kier molecular flexibility index (Phi) is 9.49. The molecule has 6 nitrogen and oxygen atoms in total. The summed E-state index contributed by atoms with van der Waals surface area (Å²) in [5.41, 5.74) is -2.57. The summed E-state index contributed by atoms with van der Waals surface area (Å²) in [5, 5.41) is 22.3. The van der Waals surface area contributed by atoms with Crippen molar-refractivity contribution >= 4 is 11.9 Å². The highest BCUT2D eigenvalue weighted by molar-refractivity contribution is 5.78. The van der Waals surface area contributed by atoms with Crippen molar-refractivity contribution in [2.45, 2.75) is 147 Å². The van der Waals surface area contributed by atoms with E-state index in [-0.39, 0.29) is 23.7 Å². The highest BCUT2D eigenvalue weighted by Gasteiger charge is 2.65. The number of esters is 2. The number of hydrogen-bond donors (Lipinski definition) is 2. The summed E-state index contributed by atoms with van der Waals surface area (Å²) in [6, 6.07) is 0. The fraction of sp³-hybridized carbons (Fsp3) is 0.943. The molecule has 10 heteroatoms. The Bertz CT molecular complexity index is 1070. The van der Waals surface area contributed by atoms with Crippen LogP contribution < -0.4 is 0 Å². The lowest BCUT2D eigenvalue weighted by atomic mass is 9.44. The number of alkyl halides is 4. The van der Waals surface area contributed by atoms with Gasteiger partial charge in [-0.2, -0.15) is 0 Å². The number of carbonyl (C=O) groups excluding carboxylic acids is 2. The number of aliphatic hydroxyl groups is 2. The molecule has 0 aromatic heterocycles. The monoisotopic (exact) mass is 646 g/mol. The van der Waals surface area contributed by atoms with Crippen LogP contribution in [0.4, 0.5) is 17.6 Å². The van der Waals surface area contributed by atoms with E-state index in [1.807, 2.05) is 0 Å². The van der Waals surface area contributed by atoms with Gasteiger partial charge in [-0.3, -0.25) is 9.59 Å². The van der Waals surface area contributed by atoms with Crippen LogP contribution in [-0.2, 0) is 19.1 Å². The first kappa shape index (κ1) is 34.9. The van der Waals surface area contributed by atoms with E-state index in [1.165, 1.54) is 0 Å². The quantitative estimate of drug-likeness (QED) is 0.179. The lowest BCUT2D eigenvalue weighted by molar-refractivity contribution is -0.220. The topological polar surface area (TPSA) is 93.1 Å². The Labute approximate surface area is 265 Å². The minimum Gasteiger partial charge on any atom is -0.459 e. The number of halogens is 4. The summed E-state index contributed by atoms with van der Waals surface area (Å²) in [6.45, 7) is 4.03. The average Bonchev–Trinajstić information content (AvgIpc) is 2.94. The van der Waals surface area contributed by atoms with Gasteiger partial charge in [-0.25, -0.2) is 17.6 Å². The molecular weight excluding hydrogens is 592 g/mol. The van der Waals surface area contributed by atoms with Crippen LogP contribution in [-0.4, -0.2) is 58.4 Å². The van der Waals surface area contributed by atoms with Gasteiger partial charge in [-0.05, 0) is 113 Å². The Morgan fingerprint density at radius 1 is 0.644 bits per heavy atom. The van der Waals surface area contributed by atoms with Gasteiger partial charge < -0.3 is 19.7 Å². The Hall–Kier alpha value is -1.42. The van der Waals surface area contributed by atoms with Crippen LogP contribution in [0.2, 0.25) is 0 Å². The van der Waals surface area contributed by atoms with E-state index in [2.05, 4.69) is 13.8 Å². The second-order valence-corrected chi connectivity index (χ2v) is 16.4. The minimum absolute atomic E-state index is 0.119. The summed E-state index contributed by atoms with van der Waals surface area (Å²) >= 11 is 0. The van der Waals surface area contributed by atoms with Crippen molar-refractivity contribution in [3.63, 3.8) is 0 Å². The third-order valence-electron chi connectivity index (χ3n) is 12.6. The van der Waals surface area contributed by atoms with Crippen LogP contribution in [0.1, 0.15) is 124 Å². The smallest absolute Gasteiger partial charge is 0.312 e. The van der Waals surface area contributed by atoms with Crippen molar-refractivity contribution in [1.29, 1.82) is 0 Å². The largest absolute Gasteiger partial charge is 0.459 e. The maximum absolute atomic E-state index is 13.0. The molecule has 0 radical (unpaired) electrons. The number of hydrogen-bond acceptors (Lipinski definition) is 6. The van der Waals surface area contributed by atoms with Crippen molar-refractivity contribution in [1.82, 2.24) is 0 Å². The van der Waals surface area contributed by atoms with Crippen LogP contribution in [0.5, 0.6) is 0 Å². The number of rotatable bonds is 11. The van der Waals surface area contributed by atoms with Crippen LogP contribution in [0.15, 0.2) is 0 Å². The van der Waals surface area contributed by atoms with Crippen molar-refractivity contribution < 1.29 is 46.8 Å².